The van der Waals surface area contributed by atoms with Gasteiger partial charge in [0.2, 0.25) is 0 Å². The molecular formula is C14H16F3NO2. The number of hydrogen-bond acceptors (Lipinski definition) is 3. The number of rotatable bonds is 1. The molecule has 0 aliphatic carbocycles. The first-order chi connectivity index (χ1) is 9.40. The van der Waals surface area contributed by atoms with Crippen molar-refractivity contribution in [3.8, 4) is 0 Å². The molecule has 1 N–H and O–H groups in total. The molecule has 2 saturated heterocycles. The maximum Gasteiger partial charge on any atom is 0.165 e. The van der Waals surface area contributed by atoms with E-state index in [1.54, 1.807) is 0 Å². The predicted molar refractivity (Wildman–Crippen MR) is 65.6 cm³/mol. The number of aliphatic hydroxyl groups is 1. The Balaban J connectivity index is 2.01. The smallest absolute Gasteiger partial charge is 0.165 e. The predicted octanol–water partition coefficient (Wildman–Crippen LogP) is 1.78. The monoisotopic (exact) mass is 287 g/mol. The summed E-state index contributed by atoms with van der Waals surface area (Å²) in [4.78, 5) is 2.07. The first kappa shape index (κ1) is 13.9. The highest BCUT2D eigenvalue weighted by atomic mass is 19.2. The Morgan fingerprint density at radius 3 is 2.40 bits per heavy atom. The Bertz CT molecular complexity index is 523. The molecule has 1 aromatic carbocycles. The molecule has 0 amide bonds. The van der Waals surface area contributed by atoms with Crippen LogP contribution in [0.4, 0.5) is 13.2 Å². The Morgan fingerprint density at radius 1 is 1.20 bits per heavy atom. The molecule has 2 atom stereocenters. The number of hydrogen-bond donors (Lipinski definition) is 1. The lowest BCUT2D eigenvalue weighted by Gasteiger charge is -2.50. The van der Waals surface area contributed by atoms with E-state index in [4.69, 9.17) is 4.74 Å². The van der Waals surface area contributed by atoms with Gasteiger partial charge in [0.05, 0.1) is 18.8 Å². The summed E-state index contributed by atoms with van der Waals surface area (Å²) in [5.41, 5.74) is -1.85. The quantitative estimate of drug-likeness (QED) is 0.799. The number of morpholine rings is 1. The van der Waals surface area contributed by atoms with Crippen molar-refractivity contribution in [3.63, 3.8) is 0 Å². The minimum Gasteiger partial charge on any atom is -0.385 e. The molecule has 0 saturated carbocycles. The molecule has 0 spiro atoms. The van der Waals surface area contributed by atoms with E-state index in [1.807, 2.05) is 7.05 Å². The van der Waals surface area contributed by atoms with Crippen molar-refractivity contribution >= 4 is 0 Å². The van der Waals surface area contributed by atoms with Crippen LogP contribution in [0, 0.1) is 17.5 Å². The Labute approximate surface area is 115 Å². The third kappa shape index (κ3) is 2.12. The summed E-state index contributed by atoms with van der Waals surface area (Å²) in [6.07, 6.45) is 0.389. The highest BCUT2D eigenvalue weighted by Crippen LogP contribution is 2.41. The summed E-state index contributed by atoms with van der Waals surface area (Å²) in [6, 6.07) is 1.21. The summed E-state index contributed by atoms with van der Waals surface area (Å²) in [5, 5.41) is 10.7. The SMILES string of the molecule is CN1C2COCC1CC(O)(c1cc(F)cc(F)c1F)C2. The van der Waals surface area contributed by atoms with Crippen molar-refractivity contribution < 1.29 is 23.0 Å². The summed E-state index contributed by atoms with van der Waals surface area (Å²) in [5.74, 6) is -3.32. The van der Waals surface area contributed by atoms with Crippen LogP contribution >= 0.6 is 0 Å². The second-order valence-electron chi connectivity index (χ2n) is 5.70. The molecule has 2 aliphatic heterocycles. The molecule has 2 heterocycles. The number of halogens is 3. The van der Waals surface area contributed by atoms with Crippen molar-refractivity contribution in [2.75, 3.05) is 20.3 Å². The van der Waals surface area contributed by atoms with E-state index in [-0.39, 0.29) is 30.5 Å². The summed E-state index contributed by atoms with van der Waals surface area (Å²) < 4.78 is 46.1. The van der Waals surface area contributed by atoms with Crippen LogP contribution in [0.3, 0.4) is 0 Å². The van der Waals surface area contributed by atoms with Crippen LogP contribution in [0.15, 0.2) is 12.1 Å². The molecule has 20 heavy (non-hydrogen) atoms. The fourth-order valence-corrected chi connectivity index (χ4v) is 3.26. The van der Waals surface area contributed by atoms with Gasteiger partial charge in [-0.3, -0.25) is 4.90 Å². The van der Waals surface area contributed by atoms with Crippen molar-refractivity contribution in [1.82, 2.24) is 4.90 Å². The van der Waals surface area contributed by atoms with E-state index < -0.39 is 23.1 Å². The fraction of sp³-hybridized carbons (Fsp3) is 0.571. The van der Waals surface area contributed by atoms with Gasteiger partial charge in [-0.25, -0.2) is 13.2 Å². The van der Waals surface area contributed by atoms with E-state index in [2.05, 4.69) is 4.90 Å². The zero-order chi connectivity index (χ0) is 14.5. The molecule has 2 aliphatic rings. The number of likely N-dealkylation sites (N-methyl/N-ethyl adjacent to an activating group) is 1. The molecule has 3 rings (SSSR count). The molecule has 2 unspecified atom stereocenters. The lowest BCUT2D eigenvalue weighted by Crippen LogP contribution is -2.59. The van der Waals surface area contributed by atoms with Crippen LogP contribution < -0.4 is 0 Å². The van der Waals surface area contributed by atoms with Gasteiger partial charge in [-0.1, -0.05) is 0 Å². The van der Waals surface area contributed by atoms with E-state index in [1.165, 1.54) is 0 Å². The third-order valence-electron chi connectivity index (χ3n) is 4.41. The molecule has 2 bridgehead atoms. The molecule has 110 valence electrons. The highest BCUT2D eigenvalue weighted by Gasteiger charge is 2.47. The maximum absolute atomic E-state index is 13.9. The largest absolute Gasteiger partial charge is 0.385 e. The van der Waals surface area contributed by atoms with Gasteiger partial charge in [0.15, 0.2) is 11.6 Å². The van der Waals surface area contributed by atoms with Crippen LogP contribution in [0.25, 0.3) is 0 Å². The number of piperidine rings is 1. The van der Waals surface area contributed by atoms with Gasteiger partial charge < -0.3 is 9.84 Å². The second-order valence-corrected chi connectivity index (χ2v) is 5.70. The molecule has 3 nitrogen and oxygen atoms in total. The zero-order valence-electron chi connectivity index (χ0n) is 11.1. The number of fused-ring (bicyclic) bond motifs is 2. The van der Waals surface area contributed by atoms with Gasteiger partial charge in [0.25, 0.3) is 0 Å². The molecule has 0 radical (unpaired) electrons. The van der Waals surface area contributed by atoms with E-state index in [9.17, 15) is 18.3 Å². The minimum atomic E-state index is -1.56. The summed E-state index contributed by atoms with van der Waals surface area (Å²) >= 11 is 0. The molecule has 1 aromatic rings. The topological polar surface area (TPSA) is 32.7 Å². The average molecular weight is 287 g/mol. The normalized spacial score (nSPS) is 34.2. The molecular weight excluding hydrogens is 271 g/mol. The lowest BCUT2D eigenvalue weighted by atomic mass is 9.77. The third-order valence-corrected chi connectivity index (χ3v) is 4.41. The van der Waals surface area contributed by atoms with Gasteiger partial charge >= 0.3 is 0 Å². The fourth-order valence-electron chi connectivity index (χ4n) is 3.26. The number of ether oxygens (including phenoxy) is 1. The van der Waals surface area contributed by atoms with Crippen LogP contribution in [-0.2, 0) is 10.3 Å². The summed E-state index contributed by atoms with van der Waals surface area (Å²) in [7, 11) is 1.92. The zero-order valence-corrected chi connectivity index (χ0v) is 11.1. The van der Waals surface area contributed by atoms with Crippen molar-refractivity contribution in [2.24, 2.45) is 0 Å². The van der Waals surface area contributed by atoms with E-state index >= 15 is 0 Å². The molecule has 6 heteroatoms. The van der Waals surface area contributed by atoms with Crippen molar-refractivity contribution in [3.05, 3.63) is 35.1 Å². The van der Waals surface area contributed by atoms with Gasteiger partial charge in [-0.15, -0.1) is 0 Å². The second kappa shape index (κ2) is 4.72. The Kier molecular flexibility index (Phi) is 3.27. The van der Waals surface area contributed by atoms with Crippen molar-refractivity contribution in [2.45, 2.75) is 30.5 Å². The van der Waals surface area contributed by atoms with Gasteiger partial charge in [-0.2, -0.15) is 0 Å². The standard InChI is InChI=1S/C14H16F3NO2/c1-18-9-4-14(19,5-10(18)7-20-6-9)11-2-8(15)3-12(16)13(11)17/h2-3,9-10,19H,4-7H2,1H3. The van der Waals surface area contributed by atoms with Gasteiger partial charge in [0, 0.05) is 23.7 Å². The van der Waals surface area contributed by atoms with Gasteiger partial charge in [0.1, 0.15) is 5.82 Å². The van der Waals surface area contributed by atoms with Crippen LogP contribution in [-0.4, -0.2) is 42.4 Å². The number of nitrogens with zero attached hydrogens (tertiary/aromatic N) is 1. The van der Waals surface area contributed by atoms with Crippen LogP contribution in [0.5, 0.6) is 0 Å². The molecule has 2 fully saturated rings. The summed E-state index contributed by atoms with van der Waals surface area (Å²) in [6.45, 7) is 0.851. The number of benzene rings is 1. The van der Waals surface area contributed by atoms with Crippen LogP contribution in [0.1, 0.15) is 18.4 Å². The van der Waals surface area contributed by atoms with Gasteiger partial charge in [-0.05, 0) is 26.0 Å². The van der Waals surface area contributed by atoms with E-state index in [0.717, 1.165) is 6.07 Å². The minimum absolute atomic E-state index is 0.0850. The van der Waals surface area contributed by atoms with Crippen LogP contribution in [0.2, 0.25) is 0 Å². The first-order valence-electron chi connectivity index (χ1n) is 6.58. The lowest BCUT2D eigenvalue weighted by molar-refractivity contribution is -0.139. The Morgan fingerprint density at radius 2 is 1.80 bits per heavy atom. The first-order valence-corrected chi connectivity index (χ1v) is 6.58. The highest BCUT2D eigenvalue weighted by molar-refractivity contribution is 5.28. The molecule has 0 aromatic heterocycles. The average Bonchev–Trinajstić information content (AvgIpc) is 2.36. The Hall–Kier alpha value is -1.11. The maximum atomic E-state index is 13.9. The van der Waals surface area contributed by atoms with Crippen molar-refractivity contribution in [1.29, 1.82) is 0 Å². The van der Waals surface area contributed by atoms with E-state index in [0.29, 0.717) is 19.3 Å².